The molecule has 1 aliphatic carbocycles. The maximum atomic E-state index is 12.8. The van der Waals surface area contributed by atoms with E-state index in [1.165, 1.54) is 13.2 Å². The van der Waals surface area contributed by atoms with Gasteiger partial charge in [-0.2, -0.15) is 0 Å². The van der Waals surface area contributed by atoms with E-state index < -0.39 is 0 Å². The van der Waals surface area contributed by atoms with Crippen molar-refractivity contribution < 1.29 is 19.1 Å². The van der Waals surface area contributed by atoms with Gasteiger partial charge in [0, 0.05) is 23.3 Å². The first-order valence-electron chi connectivity index (χ1n) is 8.40. The molecule has 1 aromatic carbocycles. The summed E-state index contributed by atoms with van der Waals surface area (Å²) in [4.78, 5) is 39.2. The van der Waals surface area contributed by atoms with Crippen LogP contribution in [0.15, 0.2) is 47.2 Å². The molecule has 0 saturated carbocycles. The van der Waals surface area contributed by atoms with Gasteiger partial charge in [0.1, 0.15) is 0 Å². The summed E-state index contributed by atoms with van der Waals surface area (Å²) in [6.07, 6.45) is 2.44. The van der Waals surface area contributed by atoms with Crippen LogP contribution in [0, 0.1) is 5.92 Å². The zero-order valence-electron chi connectivity index (χ0n) is 14.7. The Morgan fingerprint density at radius 3 is 2.52 bits per heavy atom. The average molecular weight is 339 g/mol. The molecule has 130 valence electrons. The van der Waals surface area contributed by atoms with E-state index in [0.717, 1.165) is 11.3 Å². The van der Waals surface area contributed by atoms with Crippen LogP contribution in [0.4, 0.5) is 5.69 Å². The van der Waals surface area contributed by atoms with Gasteiger partial charge in [-0.25, -0.2) is 0 Å². The fourth-order valence-electron chi connectivity index (χ4n) is 3.39. The minimum absolute atomic E-state index is 0.0440. The maximum absolute atomic E-state index is 12.8. The Kier molecular flexibility index (Phi) is 4.57. The quantitative estimate of drug-likeness (QED) is 0.791. The van der Waals surface area contributed by atoms with Crippen molar-refractivity contribution in [3.63, 3.8) is 0 Å². The van der Waals surface area contributed by atoms with Crippen LogP contribution in [0.3, 0.4) is 0 Å². The summed E-state index contributed by atoms with van der Waals surface area (Å²) in [5, 5.41) is 0. The molecule has 5 heteroatoms. The topological polar surface area (TPSA) is 63.7 Å². The first-order valence-corrected chi connectivity index (χ1v) is 8.40. The Morgan fingerprint density at radius 2 is 1.84 bits per heavy atom. The number of fused-ring (bicyclic) bond motifs is 1. The number of allylic oxidation sites excluding steroid dienone is 3. The predicted octanol–water partition coefficient (Wildman–Crippen LogP) is 2.60. The summed E-state index contributed by atoms with van der Waals surface area (Å²) in [5.74, 6) is -0.602. The number of rotatable bonds is 4. The number of aryl methyl sites for hydroxylation is 1. The molecule has 2 aliphatic rings. The Balaban J connectivity index is 1.94. The molecule has 0 fully saturated rings. The fraction of sp³-hybridized carbons (Fsp3) is 0.350. The molecule has 5 nitrogen and oxygen atoms in total. The van der Waals surface area contributed by atoms with Crippen molar-refractivity contribution in [2.24, 2.45) is 5.92 Å². The molecule has 0 bridgehead atoms. The number of methoxy groups -OCH3 is 1. The van der Waals surface area contributed by atoms with Crippen LogP contribution in [0.5, 0.6) is 0 Å². The summed E-state index contributed by atoms with van der Waals surface area (Å²) < 4.78 is 5.23. The van der Waals surface area contributed by atoms with Gasteiger partial charge in [-0.15, -0.1) is 0 Å². The molecule has 0 spiro atoms. The lowest BCUT2D eigenvalue weighted by Gasteiger charge is -2.31. The van der Waals surface area contributed by atoms with Crippen LogP contribution in [0.1, 0.15) is 25.8 Å². The van der Waals surface area contributed by atoms with E-state index in [-0.39, 0.29) is 41.3 Å². The second kappa shape index (κ2) is 6.67. The van der Waals surface area contributed by atoms with Crippen molar-refractivity contribution in [2.75, 3.05) is 18.6 Å². The molecule has 1 amide bonds. The van der Waals surface area contributed by atoms with Crippen molar-refractivity contribution in [3.05, 3.63) is 52.8 Å². The van der Waals surface area contributed by atoms with E-state index in [0.29, 0.717) is 18.4 Å². The van der Waals surface area contributed by atoms with Gasteiger partial charge in [0.2, 0.25) is 11.7 Å². The van der Waals surface area contributed by atoms with E-state index in [4.69, 9.17) is 4.74 Å². The number of ether oxygens (including phenoxy) is 1. The van der Waals surface area contributed by atoms with Crippen LogP contribution in [0.2, 0.25) is 0 Å². The Morgan fingerprint density at radius 1 is 1.12 bits per heavy atom. The molecular formula is C20H21NO4. The number of nitrogens with zero attached hydrogens (tertiary/aromatic N) is 1. The highest BCUT2D eigenvalue weighted by molar-refractivity contribution is 6.22. The fourth-order valence-corrected chi connectivity index (χ4v) is 3.39. The van der Waals surface area contributed by atoms with Crippen LogP contribution in [-0.4, -0.2) is 31.1 Å². The smallest absolute Gasteiger partial charge is 0.227 e. The summed E-state index contributed by atoms with van der Waals surface area (Å²) >= 11 is 0. The molecule has 25 heavy (non-hydrogen) atoms. The standard InChI is InChI=1S/C20H21NO4/c1-12(2)18-16(22)10-14(19(24)20(18)25-3)11-21-15-7-5-4-6-13(15)8-9-17(21)23/h4-7,10,12H,8-9,11H2,1-3H3. The second-order valence-corrected chi connectivity index (χ2v) is 6.57. The maximum Gasteiger partial charge on any atom is 0.227 e. The zero-order valence-corrected chi connectivity index (χ0v) is 14.7. The lowest BCUT2D eigenvalue weighted by Crippen LogP contribution is -2.39. The first kappa shape index (κ1) is 17.1. The van der Waals surface area contributed by atoms with Gasteiger partial charge in [0.15, 0.2) is 11.5 Å². The van der Waals surface area contributed by atoms with Gasteiger partial charge in [-0.05, 0) is 30.0 Å². The van der Waals surface area contributed by atoms with E-state index in [2.05, 4.69) is 0 Å². The van der Waals surface area contributed by atoms with E-state index in [1.54, 1.807) is 4.90 Å². The highest BCUT2D eigenvalue weighted by Crippen LogP contribution is 2.31. The largest absolute Gasteiger partial charge is 0.492 e. The van der Waals surface area contributed by atoms with Crippen LogP contribution >= 0.6 is 0 Å². The van der Waals surface area contributed by atoms with E-state index in [1.807, 2.05) is 38.1 Å². The Bertz CT molecular complexity index is 817. The SMILES string of the molecule is COC1=C(C(C)C)C(=O)C=C(CN2C(=O)CCc3ccccc32)C1=O. The van der Waals surface area contributed by atoms with Crippen molar-refractivity contribution in [1.29, 1.82) is 0 Å². The third kappa shape index (κ3) is 3.02. The minimum Gasteiger partial charge on any atom is -0.492 e. The predicted molar refractivity (Wildman–Crippen MR) is 94.1 cm³/mol. The van der Waals surface area contributed by atoms with Crippen molar-refractivity contribution in [3.8, 4) is 0 Å². The number of benzene rings is 1. The number of para-hydroxylation sites is 1. The molecule has 0 saturated heterocycles. The van der Waals surface area contributed by atoms with Crippen molar-refractivity contribution in [1.82, 2.24) is 0 Å². The van der Waals surface area contributed by atoms with Gasteiger partial charge in [0.05, 0.1) is 13.7 Å². The van der Waals surface area contributed by atoms with Crippen molar-refractivity contribution >= 4 is 23.2 Å². The highest BCUT2D eigenvalue weighted by Gasteiger charge is 2.33. The number of carbonyl (C=O) groups is 3. The summed E-state index contributed by atoms with van der Waals surface area (Å²) in [6.45, 7) is 3.78. The van der Waals surface area contributed by atoms with E-state index in [9.17, 15) is 14.4 Å². The number of amides is 1. The van der Waals surface area contributed by atoms with E-state index >= 15 is 0 Å². The van der Waals surface area contributed by atoms with Gasteiger partial charge in [-0.1, -0.05) is 32.0 Å². The number of hydrogen-bond acceptors (Lipinski definition) is 4. The summed E-state index contributed by atoms with van der Waals surface area (Å²) in [5.41, 5.74) is 2.55. The third-order valence-corrected chi connectivity index (χ3v) is 4.61. The number of carbonyl (C=O) groups excluding carboxylic acids is 3. The zero-order chi connectivity index (χ0) is 18.1. The lowest BCUT2D eigenvalue weighted by molar-refractivity contribution is -0.119. The number of ketones is 2. The van der Waals surface area contributed by atoms with Gasteiger partial charge < -0.3 is 9.64 Å². The number of anilines is 1. The summed E-state index contributed by atoms with van der Waals surface area (Å²) in [6, 6.07) is 7.65. The van der Waals surface area contributed by atoms with Crippen molar-refractivity contribution in [2.45, 2.75) is 26.7 Å². The Labute approximate surface area is 147 Å². The normalized spacial score (nSPS) is 17.8. The molecule has 0 atom stereocenters. The molecule has 1 heterocycles. The second-order valence-electron chi connectivity index (χ2n) is 6.57. The molecule has 3 rings (SSSR count). The van der Waals surface area contributed by atoms with Crippen LogP contribution < -0.4 is 4.90 Å². The third-order valence-electron chi connectivity index (χ3n) is 4.61. The van der Waals surface area contributed by atoms with Gasteiger partial charge >= 0.3 is 0 Å². The molecule has 0 radical (unpaired) electrons. The lowest BCUT2D eigenvalue weighted by atomic mass is 9.88. The Hall–Kier alpha value is -2.69. The minimum atomic E-state index is -0.318. The monoisotopic (exact) mass is 339 g/mol. The van der Waals surface area contributed by atoms with Crippen LogP contribution in [-0.2, 0) is 25.5 Å². The highest BCUT2D eigenvalue weighted by atomic mass is 16.5. The molecule has 1 aliphatic heterocycles. The average Bonchev–Trinajstić information content (AvgIpc) is 2.59. The molecule has 1 aromatic rings. The number of Topliss-reactive ketones (excluding diaryl/α,β-unsaturated/α-hetero) is 1. The molecule has 0 N–H and O–H groups in total. The van der Waals surface area contributed by atoms with Gasteiger partial charge in [0.25, 0.3) is 0 Å². The number of hydrogen-bond donors (Lipinski definition) is 0. The first-order chi connectivity index (χ1) is 11.9. The van der Waals surface area contributed by atoms with Gasteiger partial charge in [-0.3, -0.25) is 14.4 Å². The summed E-state index contributed by atoms with van der Waals surface area (Å²) in [7, 11) is 1.40. The van der Waals surface area contributed by atoms with Crippen LogP contribution in [0.25, 0.3) is 0 Å². The molecule has 0 unspecified atom stereocenters. The molecular weight excluding hydrogens is 318 g/mol. The molecule has 0 aromatic heterocycles.